The van der Waals surface area contributed by atoms with E-state index in [0.717, 1.165) is 45.7 Å². The van der Waals surface area contributed by atoms with Crippen LogP contribution in [-0.2, 0) is 9.53 Å². The average molecular weight is 271 g/mol. The van der Waals surface area contributed by atoms with E-state index in [2.05, 4.69) is 10.2 Å². The van der Waals surface area contributed by atoms with Gasteiger partial charge in [0.25, 0.3) is 0 Å². The number of carboxylic acid groups (broad SMARTS) is 1. The predicted octanol–water partition coefficient (Wildman–Crippen LogP) is -0.423. The summed E-state index contributed by atoms with van der Waals surface area (Å²) in [7, 11) is 0. The van der Waals surface area contributed by atoms with E-state index in [0.29, 0.717) is 6.54 Å². The lowest BCUT2D eigenvalue weighted by Crippen LogP contribution is -2.47. The van der Waals surface area contributed by atoms with Crippen molar-refractivity contribution in [2.45, 2.75) is 18.9 Å². The monoisotopic (exact) mass is 271 g/mol. The Bertz CT molecular complexity index is 327. The Labute approximate surface area is 112 Å². The summed E-state index contributed by atoms with van der Waals surface area (Å²) in [5.41, 5.74) is 0. The quantitative estimate of drug-likeness (QED) is 0.685. The maximum Gasteiger partial charge on any atom is 0.323 e. The number of nitrogens with one attached hydrogen (secondary N) is 1. The average Bonchev–Trinajstić information content (AvgIpc) is 3.21. The number of amides is 2. The summed E-state index contributed by atoms with van der Waals surface area (Å²) in [6.45, 7) is 4.35. The molecule has 1 saturated heterocycles. The number of aliphatic carboxylic acids is 1. The predicted molar refractivity (Wildman–Crippen MR) is 68.0 cm³/mol. The number of ether oxygens (including phenoxy) is 1. The molecule has 7 nitrogen and oxygen atoms in total. The Morgan fingerprint density at radius 2 is 2.00 bits per heavy atom. The molecule has 0 unspecified atom stereocenters. The fourth-order valence-corrected chi connectivity index (χ4v) is 2.15. The van der Waals surface area contributed by atoms with E-state index in [-0.39, 0.29) is 18.6 Å². The van der Waals surface area contributed by atoms with Crippen LogP contribution in [-0.4, -0.2) is 78.9 Å². The van der Waals surface area contributed by atoms with Crippen LogP contribution in [0.1, 0.15) is 12.8 Å². The number of hydrogen-bond donors (Lipinski definition) is 2. The Balaban J connectivity index is 1.68. The second kappa shape index (κ2) is 6.72. The van der Waals surface area contributed by atoms with E-state index >= 15 is 0 Å². The van der Waals surface area contributed by atoms with E-state index in [1.165, 1.54) is 4.90 Å². The van der Waals surface area contributed by atoms with Gasteiger partial charge in [0.05, 0.1) is 13.2 Å². The molecule has 108 valence electrons. The van der Waals surface area contributed by atoms with Crippen LogP contribution >= 0.6 is 0 Å². The van der Waals surface area contributed by atoms with Gasteiger partial charge in [0.15, 0.2) is 0 Å². The van der Waals surface area contributed by atoms with Crippen molar-refractivity contribution in [3.8, 4) is 0 Å². The number of morpholine rings is 1. The fraction of sp³-hybridized carbons (Fsp3) is 0.833. The van der Waals surface area contributed by atoms with Crippen LogP contribution in [0.25, 0.3) is 0 Å². The van der Waals surface area contributed by atoms with Gasteiger partial charge in [0.2, 0.25) is 0 Å². The van der Waals surface area contributed by atoms with E-state index in [9.17, 15) is 9.59 Å². The van der Waals surface area contributed by atoms with E-state index < -0.39 is 5.97 Å². The zero-order chi connectivity index (χ0) is 13.7. The highest BCUT2D eigenvalue weighted by molar-refractivity contribution is 5.80. The summed E-state index contributed by atoms with van der Waals surface area (Å²) in [6.07, 6.45) is 1.81. The normalized spacial score (nSPS) is 20.0. The lowest BCUT2D eigenvalue weighted by molar-refractivity contribution is -0.137. The summed E-state index contributed by atoms with van der Waals surface area (Å²) in [6, 6.07) is -0.155. The molecule has 2 amide bonds. The molecule has 1 aliphatic carbocycles. The molecule has 2 aliphatic rings. The number of urea groups is 1. The van der Waals surface area contributed by atoms with Crippen LogP contribution in [0.4, 0.5) is 4.79 Å². The Hall–Kier alpha value is -1.34. The van der Waals surface area contributed by atoms with Crippen molar-refractivity contribution in [3.63, 3.8) is 0 Å². The molecule has 2 rings (SSSR count). The first-order valence-electron chi connectivity index (χ1n) is 6.73. The first-order valence-corrected chi connectivity index (χ1v) is 6.73. The van der Waals surface area contributed by atoms with Gasteiger partial charge in [-0.1, -0.05) is 0 Å². The molecule has 0 spiro atoms. The maximum atomic E-state index is 11.9. The SMILES string of the molecule is O=C(O)CN(C(=O)NCCN1CCOCC1)C1CC1. The number of carboxylic acids is 1. The van der Waals surface area contributed by atoms with Crippen molar-refractivity contribution in [2.24, 2.45) is 0 Å². The van der Waals surface area contributed by atoms with Gasteiger partial charge in [-0.05, 0) is 12.8 Å². The molecule has 0 aromatic carbocycles. The number of carbonyl (C=O) groups is 2. The van der Waals surface area contributed by atoms with Crippen molar-refractivity contribution in [2.75, 3.05) is 45.9 Å². The van der Waals surface area contributed by atoms with Crippen LogP contribution in [0, 0.1) is 0 Å². The van der Waals surface area contributed by atoms with E-state index in [1.807, 2.05) is 0 Å². The second-order valence-electron chi connectivity index (χ2n) is 4.94. The third kappa shape index (κ3) is 4.68. The van der Waals surface area contributed by atoms with Gasteiger partial charge < -0.3 is 20.1 Å². The maximum absolute atomic E-state index is 11.9. The van der Waals surface area contributed by atoms with Crippen LogP contribution in [0.15, 0.2) is 0 Å². The molecular weight excluding hydrogens is 250 g/mol. The molecule has 0 bridgehead atoms. The van der Waals surface area contributed by atoms with Crippen molar-refractivity contribution in [1.82, 2.24) is 15.1 Å². The number of nitrogens with zero attached hydrogens (tertiary/aromatic N) is 2. The molecule has 7 heteroatoms. The Morgan fingerprint density at radius 3 is 2.58 bits per heavy atom. The van der Waals surface area contributed by atoms with Gasteiger partial charge in [-0.2, -0.15) is 0 Å². The van der Waals surface area contributed by atoms with Crippen molar-refractivity contribution in [3.05, 3.63) is 0 Å². The number of carbonyl (C=O) groups excluding carboxylic acids is 1. The Kier molecular flexibility index (Phi) is 4.98. The fourth-order valence-electron chi connectivity index (χ4n) is 2.15. The molecule has 2 N–H and O–H groups in total. The molecule has 0 atom stereocenters. The van der Waals surface area contributed by atoms with Crippen LogP contribution < -0.4 is 5.32 Å². The zero-order valence-electron chi connectivity index (χ0n) is 11.0. The van der Waals surface area contributed by atoms with Gasteiger partial charge >= 0.3 is 12.0 Å². The highest BCUT2D eigenvalue weighted by Gasteiger charge is 2.33. The third-order valence-corrected chi connectivity index (χ3v) is 3.36. The second-order valence-corrected chi connectivity index (χ2v) is 4.94. The van der Waals surface area contributed by atoms with E-state index in [1.54, 1.807) is 0 Å². The Morgan fingerprint density at radius 1 is 1.32 bits per heavy atom. The summed E-state index contributed by atoms with van der Waals surface area (Å²) >= 11 is 0. The minimum absolute atomic E-state index is 0.111. The highest BCUT2D eigenvalue weighted by atomic mass is 16.5. The van der Waals surface area contributed by atoms with Crippen LogP contribution in [0.3, 0.4) is 0 Å². The first-order chi connectivity index (χ1) is 9.16. The summed E-state index contributed by atoms with van der Waals surface area (Å²) in [5.74, 6) is -0.963. The van der Waals surface area contributed by atoms with Crippen molar-refractivity contribution in [1.29, 1.82) is 0 Å². The van der Waals surface area contributed by atoms with Gasteiger partial charge in [-0.25, -0.2) is 4.79 Å². The molecule has 2 fully saturated rings. The minimum atomic E-state index is -0.963. The van der Waals surface area contributed by atoms with Gasteiger partial charge in [0.1, 0.15) is 6.54 Å². The lowest BCUT2D eigenvalue weighted by Gasteiger charge is -2.27. The summed E-state index contributed by atoms with van der Waals surface area (Å²) in [5, 5.41) is 11.6. The summed E-state index contributed by atoms with van der Waals surface area (Å²) < 4.78 is 5.25. The third-order valence-electron chi connectivity index (χ3n) is 3.36. The largest absolute Gasteiger partial charge is 0.480 e. The van der Waals surface area contributed by atoms with Gasteiger partial charge in [0, 0.05) is 32.2 Å². The van der Waals surface area contributed by atoms with Crippen molar-refractivity contribution >= 4 is 12.0 Å². The minimum Gasteiger partial charge on any atom is -0.480 e. The molecule has 19 heavy (non-hydrogen) atoms. The summed E-state index contributed by atoms with van der Waals surface area (Å²) in [4.78, 5) is 26.3. The topological polar surface area (TPSA) is 82.1 Å². The molecule has 1 heterocycles. The molecule has 0 radical (unpaired) electrons. The standard InChI is InChI=1S/C12H21N3O4/c16-11(17)9-15(10-1-2-10)12(18)13-3-4-14-5-7-19-8-6-14/h10H,1-9H2,(H,13,18)(H,16,17). The van der Waals surface area contributed by atoms with Crippen molar-refractivity contribution < 1.29 is 19.4 Å². The van der Waals surface area contributed by atoms with Crippen LogP contribution in [0.5, 0.6) is 0 Å². The molecule has 0 aromatic heterocycles. The highest BCUT2D eigenvalue weighted by Crippen LogP contribution is 2.26. The van der Waals surface area contributed by atoms with Gasteiger partial charge in [-0.15, -0.1) is 0 Å². The first kappa shape index (κ1) is 14.1. The van der Waals surface area contributed by atoms with Gasteiger partial charge in [-0.3, -0.25) is 9.69 Å². The molecular formula is C12H21N3O4. The number of rotatable bonds is 6. The smallest absolute Gasteiger partial charge is 0.323 e. The molecule has 0 aromatic rings. The lowest BCUT2D eigenvalue weighted by atomic mass is 10.4. The zero-order valence-corrected chi connectivity index (χ0v) is 11.0. The number of hydrogen-bond acceptors (Lipinski definition) is 4. The molecule has 1 aliphatic heterocycles. The van der Waals surface area contributed by atoms with Crippen LogP contribution in [0.2, 0.25) is 0 Å². The molecule has 1 saturated carbocycles. The van der Waals surface area contributed by atoms with E-state index in [4.69, 9.17) is 9.84 Å².